The third-order valence-corrected chi connectivity index (χ3v) is 6.52. The Bertz CT molecular complexity index is 1490. The predicted octanol–water partition coefficient (Wildman–Crippen LogP) is 6.04. The Morgan fingerprint density at radius 2 is 2.00 bits per heavy atom. The van der Waals surface area contributed by atoms with Crippen molar-refractivity contribution in [1.82, 2.24) is 19.9 Å². The van der Waals surface area contributed by atoms with Crippen LogP contribution in [0.2, 0.25) is 5.02 Å². The lowest BCUT2D eigenvalue weighted by atomic mass is 10.1. The van der Waals surface area contributed by atoms with Crippen molar-refractivity contribution in [1.29, 1.82) is 5.41 Å². The standard InChI is InChI=1S/C28H27ClFN7O/c1-36(28(31)37-11-2-3-12-37)34-16-19-7-9-25-23(14-19)27(33-18-32-25)35-22-8-10-26(24(29)15-22)38-17-20-5-4-6-21(30)13-20/h4-10,13-16,18,31H,2-3,11-12,17H2,1H3,(H,32,33,35)/b31-28?,34-16+. The summed E-state index contributed by atoms with van der Waals surface area (Å²) in [7, 11) is 1.78. The zero-order valence-corrected chi connectivity index (χ0v) is 21.6. The highest BCUT2D eigenvalue weighted by Crippen LogP contribution is 2.31. The van der Waals surface area contributed by atoms with Gasteiger partial charge in [-0.25, -0.2) is 19.4 Å². The van der Waals surface area contributed by atoms with Crippen LogP contribution in [-0.2, 0) is 6.61 Å². The van der Waals surface area contributed by atoms with Gasteiger partial charge in [-0.1, -0.05) is 29.8 Å². The van der Waals surface area contributed by atoms with Crippen molar-refractivity contribution in [3.63, 3.8) is 0 Å². The monoisotopic (exact) mass is 531 g/mol. The van der Waals surface area contributed by atoms with E-state index in [-0.39, 0.29) is 12.4 Å². The first kappa shape index (κ1) is 25.4. The first-order chi connectivity index (χ1) is 18.5. The molecule has 0 bridgehead atoms. The van der Waals surface area contributed by atoms with Gasteiger partial charge in [-0.2, -0.15) is 5.10 Å². The van der Waals surface area contributed by atoms with E-state index in [0.717, 1.165) is 48.1 Å². The summed E-state index contributed by atoms with van der Waals surface area (Å²) in [4.78, 5) is 10.8. The summed E-state index contributed by atoms with van der Waals surface area (Å²) in [5, 5.41) is 18.9. The smallest absolute Gasteiger partial charge is 0.214 e. The van der Waals surface area contributed by atoms with E-state index in [1.54, 1.807) is 42.5 Å². The summed E-state index contributed by atoms with van der Waals surface area (Å²) in [5.74, 6) is 1.20. The molecule has 0 unspecified atom stereocenters. The van der Waals surface area contributed by atoms with E-state index in [1.807, 2.05) is 29.2 Å². The van der Waals surface area contributed by atoms with Crippen molar-refractivity contribution in [2.45, 2.75) is 19.4 Å². The number of guanidine groups is 1. The number of hydrogen-bond acceptors (Lipinski definition) is 6. The van der Waals surface area contributed by atoms with Crippen LogP contribution in [0.1, 0.15) is 24.0 Å². The quantitative estimate of drug-likeness (QED) is 0.172. The number of halogens is 2. The van der Waals surface area contributed by atoms with E-state index in [0.29, 0.717) is 28.1 Å². The van der Waals surface area contributed by atoms with Crippen molar-refractivity contribution in [3.05, 3.63) is 89.0 Å². The molecule has 1 aliphatic rings. The van der Waals surface area contributed by atoms with Crippen molar-refractivity contribution in [2.24, 2.45) is 5.10 Å². The number of aromatic nitrogens is 2. The van der Waals surface area contributed by atoms with Crippen LogP contribution in [0, 0.1) is 11.2 Å². The highest BCUT2D eigenvalue weighted by atomic mass is 35.5. The van der Waals surface area contributed by atoms with Gasteiger partial charge in [0.25, 0.3) is 0 Å². The molecule has 1 aromatic heterocycles. The number of likely N-dealkylation sites (tertiary alicyclic amines) is 1. The van der Waals surface area contributed by atoms with E-state index in [4.69, 9.17) is 21.7 Å². The molecule has 1 saturated heterocycles. The third-order valence-electron chi connectivity index (χ3n) is 6.23. The summed E-state index contributed by atoms with van der Waals surface area (Å²) in [5.41, 5.74) is 3.08. The summed E-state index contributed by atoms with van der Waals surface area (Å²) >= 11 is 6.47. The minimum Gasteiger partial charge on any atom is -0.487 e. The Hall–Kier alpha value is -4.24. The second kappa shape index (κ2) is 11.4. The van der Waals surface area contributed by atoms with E-state index >= 15 is 0 Å². The van der Waals surface area contributed by atoms with Gasteiger partial charge >= 0.3 is 0 Å². The van der Waals surface area contributed by atoms with Gasteiger partial charge in [-0.05, 0) is 66.4 Å². The molecule has 0 aliphatic carbocycles. The maximum absolute atomic E-state index is 13.4. The second-order valence-electron chi connectivity index (χ2n) is 8.97. The van der Waals surface area contributed by atoms with Gasteiger partial charge in [-0.15, -0.1) is 0 Å². The van der Waals surface area contributed by atoms with Gasteiger partial charge in [0.05, 0.1) is 16.8 Å². The molecule has 0 atom stereocenters. The first-order valence-corrected chi connectivity index (χ1v) is 12.6. The summed E-state index contributed by atoms with van der Waals surface area (Å²) in [6, 6.07) is 17.4. The number of nitrogens with one attached hydrogen (secondary N) is 2. The zero-order chi connectivity index (χ0) is 26.5. The molecular formula is C28H27ClFN7O. The maximum atomic E-state index is 13.4. The lowest BCUT2D eigenvalue weighted by molar-refractivity contribution is 0.306. The summed E-state index contributed by atoms with van der Waals surface area (Å²) < 4.78 is 19.2. The molecule has 38 heavy (non-hydrogen) atoms. The highest BCUT2D eigenvalue weighted by Gasteiger charge is 2.17. The van der Waals surface area contributed by atoms with Gasteiger partial charge in [0.2, 0.25) is 5.96 Å². The Labute approximate surface area is 225 Å². The van der Waals surface area contributed by atoms with Crippen LogP contribution in [-0.4, -0.2) is 52.2 Å². The molecule has 194 valence electrons. The number of rotatable bonds is 7. The molecule has 4 aromatic rings. The molecule has 2 N–H and O–H groups in total. The van der Waals surface area contributed by atoms with Crippen molar-refractivity contribution >= 4 is 46.2 Å². The number of fused-ring (bicyclic) bond motifs is 1. The van der Waals surface area contributed by atoms with Crippen LogP contribution < -0.4 is 10.1 Å². The molecule has 5 rings (SSSR count). The average molecular weight is 532 g/mol. The van der Waals surface area contributed by atoms with Gasteiger partial charge in [0.15, 0.2) is 0 Å². The molecule has 0 radical (unpaired) electrons. The van der Waals surface area contributed by atoms with Crippen LogP contribution in [0.3, 0.4) is 0 Å². The molecule has 10 heteroatoms. The second-order valence-corrected chi connectivity index (χ2v) is 9.38. The Balaban J connectivity index is 1.30. The number of hydrogen-bond donors (Lipinski definition) is 2. The fraction of sp³-hybridized carbons (Fsp3) is 0.214. The number of ether oxygens (including phenoxy) is 1. The molecule has 8 nitrogen and oxygen atoms in total. The largest absolute Gasteiger partial charge is 0.487 e. The van der Waals surface area contributed by atoms with Crippen LogP contribution >= 0.6 is 11.6 Å². The molecule has 1 fully saturated rings. The Morgan fingerprint density at radius 1 is 1.16 bits per heavy atom. The minimum atomic E-state index is -0.308. The fourth-order valence-corrected chi connectivity index (χ4v) is 4.45. The van der Waals surface area contributed by atoms with Crippen LogP contribution in [0.15, 0.2) is 72.1 Å². The summed E-state index contributed by atoms with van der Waals surface area (Å²) in [6.45, 7) is 1.99. The highest BCUT2D eigenvalue weighted by molar-refractivity contribution is 6.32. The van der Waals surface area contributed by atoms with Crippen molar-refractivity contribution < 1.29 is 9.13 Å². The molecular weight excluding hydrogens is 505 g/mol. The SMILES string of the molecule is CN(/N=C/c1ccc2ncnc(Nc3ccc(OCc4cccc(F)c4)c(Cl)c3)c2c1)C(=N)N1CCCC1. The minimum absolute atomic E-state index is 0.206. The summed E-state index contributed by atoms with van der Waals surface area (Å²) in [6.07, 6.45) is 5.44. The number of anilines is 2. The lowest BCUT2D eigenvalue weighted by Gasteiger charge is -2.23. The molecule has 0 spiro atoms. The molecule has 3 aromatic carbocycles. The van der Waals surface area contributed by atoms with Gasteiger partial charge in [0.1, 0.15) is 30.3 Å². The van der Waals surface area contributed by atoms with Gasteiger partial charge < -0.3 is 15.0 Å². The zero-order valence-electron chi connectivity index (χ0n) is 20.9. The van der Waals surface area contributed by atoms with E-state index in [2.05, 4.69) is 20.4 Å². The van der Waals surface area contributed by atoms with E-state index in [9.17, 15) is 4.39 Å². The van der Waals surface area contributed by atoms with E-state index in [1.165, 1.54) is 18.5 Å². The average Bonchev–Trinajstić information content (AvgIpc) is 3.46. The van der Waals surface area contributed by atoms with Crippen LogP contribution in [0.4, 0.5) is 15.9 Å². The molecule has 0 amide bonds. The van der Waals surface area contributed by atoms with Gasteiger partial charge in [-0.3, -0.25) is 5.41 Å². The predicted molar refractivity (Wildman–Crippen MR) is 149 cm³/mol. The Morgan fingerprint density at radius 3 is 2.79 bits per heavy atom. The van der Waals surface area contributed by atoms with Crippen LogP contribution in [0.25, 0.3) is 10.9 Å². The van der Waals surface area contributed by atoms with Crippen molar-refractivity contribution in [3.8, 4) is 5.75 Å². The van der Waals surface area contributed by atoms with Crippen molar-refractivity contribution in [2.75, 3.05) is 25.5 Å². The van der Waals surface area contributed by atoms with Crippen LogP contribution in [0.5, 0.6) is 5.75 Å². The number of benzene rings is 3. The Kier molecular flexibility index (Phi) is 7.65. The third kappa shape index (κ3) is 6.00. The topological polar surface area (TPSA) is 89.7 Å². The molecule has 2 heterocycles. The number of nitrogens with zero attached hydrogens (tertiary/aromatic N) is 5. The lowest BCUT2D eigenvalue weighted by Crippen LogP contribution is -2.37. The molecule has 1 aliphatic heterocycles. The fourth-order valence-electron chi connectivity index (χ4n) is 4.22. The molecule has 0 saturated carbocycles. The first-order valence-electron chi connectivity index (χ1n) is 12.3. The normalized spacial score (nSPS) is 13.3. The van der Waals surface area contributed by atoms with E-state index < -0.39 is 0 Å². The maximum Gasteiger partial charge on any atom is 0.214 e. The van der Waals surface area contributed by atoms with Gasteiger partial charge in [0, 0.05) is 31.2 Å². The number of hydrazone groups is 1.